The lowest BCUT2D eigenvalue weighted by Crippen LogP contribution is -2.40. The van der Waals surface area contributed by atoms with Crippen molar-refractivity contribution in [1.29, 1.82) is 5.26 Å². The SMILES string of the molecule is COc1cc2c(cc1OC)C1=C[C@@H](c3cc(C#N)n(C)c3C)C3=C(CC(C)(C)CC3=O)N1CC2. The minimum Gasteiger partial charge on any atom is -0.493 e. The van der Waals surface area contributed by atoms with Gasteiger partial charge in [-0.25, -0.2) is 0 Å². The van der Waals surface area contributed by atoms with Crippen LogP contribution < -0.4 is 9.47 Å². The fourth-order valence-electron chi connectivity index (χ4n) is 5.85. The van der Waals surface area contributed by atoms with E-state index < -0.39 is 0 Å². The molecule has 0 N–H and O–H groups in total. The van der Waals surface area contributed by atoms with E-state index in [-0.39, 0.29) is 17.1 Å². The van der Waals surface area contributed by atoms with Gasteiger partial charge in [-0.15, -0.1) is 0 Å². The van der Waals surface area contributed by atoms with Gasteiger partial charge < -0.3 is 18.9 Å². The Morgan fingerprint density at radius 1 is 1.12 bits per heavy atom. The van der Waals surface area contributed by atoms with Gasteiger partial charge in [0.25, 0.3) is 0 Å². The molecule has 0 unspecified atom stereocenters. The Kier molecular flexibility index (Phi) is 5.12. The van der Waals surface area contributed by atoms with E-state index in [1.807, 2.05) is 24.6 Å². The standard InChI is InChI=1S/C28H31N3O3/c1-16-19(10-18(15-29)30(16)4)21-11-22-20-12-26(34-6)25(33-5)9-17(20)7-8-31(22)23-13-28(2,3)14-24(32)27(21)23/h9-12,21H,7-8,13-14H2,1-6H3/t21-/m0/s1. The third-order valence-electron chi connectivity index (χ3n) is 7.66. The van der Waals surface area contributed by atoms with Gasteiger partial charge in [-0.2, -0.15) is 5.26 Å². The van der Waals surface area contributed by atoms with Crippen molar-refractivity contribution in [2.75, 3.05) is 20.8 Å². The van der Waals surface area contributed by atoms with Gasteiger partial charge in [-0.1, -0.05) is 13.8 Å². The predicted molar refractivity (Wildman–Crippen MR) is 131 cm³/mol. The van der Waals surface area contributed by atoms with E-state index in [0.29, 0.717) is 17.9 Å². The number of carbonyl (C=O) groups excluding carboxylic acids is 1. The fourth-order valence-corrected chi connectivity index (χ4v) is 5.85. The number of nitrogens with zero attached hydrogens (tertiary/aromatic N) is 3. The van der Waals surface area contributed by atoms with Crippen molar-refractivity contribution < 1.29 is 14.3 Å². The van der Waals surface area contributed by atoms with Crippen molar-refractivity contribution in [2.24, 2.45) is 12.5 Å². The van der Waals surface area contributed by atoms with Gasteiger partial charge in [0.1, 0.15) is 11.8 Å². The normalized spacial score (nSPS) is 20.7. The van der Waals surface area contributed by atoms with Crippen LogP contribution >= 0.6 is 0 Å². The first-order valence-electron chi connectivity index (χ1n) is 11.8. The number of fused-ring (bicyclic) bond motifs is 4. The van der Waals surface area contributed by atoms with E-state index in [2.05, 4.69) is 43.0 Å². The van der Waals surface area contributed by atoms with E-state index in [4.69, 9.17) is 9.47 Å². The molecule has 0 spiro atoms. The van der Waals surface area contributed by atoms with E-state index in [1.54, 1.807) is 14.2 Å². The van der Waals surface area contributed by atoms with Crippen molar-refractivity contribution in [1.82, 2.24) is 9.47 Å². The van der Waals surface area contributed by atoms with Crippen LogP contribution in [0.25, 0.3) is 5.70 Å². The Morgan fingerprint density at radius 2 is 1.82 bits per heavy atom. The van der Waals surface area contributed by atoms with E-state index >= 15 is 0 Å². The summed E-state index contributed by atoms with van der Waals surface area (Å²) in [7, 11) is 5.23. The number of aromatic nitrogens is 1. The molecule has 0 radical (unpaired) electrons. The van der Waals surface area contributed by atoms with Gasteiger partial charge in [0, 0.05) is 54.2 Å². The largest absolute Gasteiger partial charge is 0.493 e. The lowest BCUT2D eigenvalue weighted by Gasteiger charge is -2.46. The molecular weight excluding hydrogens is 426 g/mol. The first-order valence-corrected chi connectivity index (χ1v) is 11.8. The highest BCUT2D eigenvalue weighted by Crippen LogP contribution is 2.51. The number of benzene rings is 1. The lowest BCUT2D eigenvalue weighted by molar-refractivity contribution is -0.118. The molecule has 0 bridgehead atoms. The quantitative estimate of drug-likeness (QED) is 0.658. The summed E-state index contributed by atoms with van der Waals surface area (Å²) >= 11 is 0. The summed E-state index contributed by atoms with van der Waals surface area (Å²) in [5.74, 6) is 1.46. The van der Waals surface area contributed by atoms with Gasteiger partial charge in [0.15, 0.2) is 17.3 Å². The summed E-state index contributed by atoms with van der Waals surface area (Å²) in [6.07, 6.45) is 4.48. The lowest BCUT2D eigenvalue weighted by atomic mass is 9.69. The second-order valence-electron chi connectivity index (χ2n) is 10.3. The third-order valence-corrected chi connectivity index (χ3v) is 7.66. The number of ether oxygens (including phenoxy) is 2. The van der Waals surface area contributed by atoms with Gasteiger partial charge >= 0.3 is 0 Å². The minimum absolute atomic E-state index is 0.0929. The molecule has 0 saturated carbocycles. The van der Waals surface area contributed by atoms with Crippen LogP contribution in [0.2, 0.25) is 0 Å². The molecule has 2 aliphatic heterocycles. The number of Topliss-reactive ketones (excluding diaryl/α,β-unsaturated/α-hetero) is 1. The van der Waals surface area contributed by atoms with Crippen molar-refractivity contribution in [3.8, 4) is 17.6 Å². The van der Waals surface area contributed by atoms with Crippen LogP contribution in [0.5, 0.6) is 11.5 Å². The maximum atomic E-state index is 13.6. The van der Waals surface area contributed by atoms with Gasteiger partial charge in [-0.3, -0.25) is 4.79 Å². The van der Waals surface area contributed by atoms with E-state index in [0.717, 1.165) is 58.9 Å². The molecule has 1 aliphatic carbocycles. The molecule has 1 aromatic heterocycles. The zero-order valence-corrected chi connectivity index (χ0v) is 20.8. The number of allylic oxidation sites excluding steroid dienone is 3. The van der Waals surface area contributed by atoms with E-state index in [9.17, 15) is 10.1 Å². The number of nitriles is 1. The minimum atomic E-state index is -0.183. The maximum Gasteiger partial charge on any atom is 0.162 e. The van der Waals surface area contributed by atoms with Crippen molar-refractivity contribution in [3.63, 3.8) is 0 Å². The maximum absolute atomic E-state index is 13.6. The molecular formula is C28H31N3O3. The summed E-state index contributed by atoms with van der Waals surface area (Å²) in [6.45, 7) is 7.20. The molecule has 2 aromatic rings. The Labute approximate surface area is 201 Å². The van der Waals surface area contributed by atoms with Crippen LogP contribution in [0.3, 0.4) is 0 Å². The van der Waals surface area contributed by atoms with Gasteiger partial charge in [-0.05, 0) is 60.6 Å². The number of methoxy groups -OCH3 is 2. The topological polar surface area (TPSA) is 67.5 Å². The highest BCUT2D eigenvalue weighted by molar-refractivity contribution is 6.01. The van der Waals surface area contributed by atoms with Crippen LogP contribution in [0.15, 0.2) is 35.5 Å². The highest BCUT2D eigenvalue weighted by atomic mass is 16.5. The Bertz CT molecular complexity index is 1320. The summed E-state index contributed by atoms with van der Waals surface area (Å²) in [4.78, 5) is 15.9. The monoisotopic (exact) mass is 457 g/mol. The third kappa shape index (κ3) is 3.26. The molecule has 34 heavy (non-hydrogen) atoms. The molecule has 6 heteroatoms. The molecule has 6 nitrogen and oxygen atoms in total. The average molecular weight is 458 g/mol. The molecule has 3 aliphatic rings. The first-order chi connectivity index (χ1) is 16.2. The van der Waals surface area contributed by atoms with Crippen LogP contribution in [0.1, 0.15) is 60.7 Å². The summed E-state index contributed by atoms with van der Waals surface area (Å²) < 4.78 is 13.1. The van der Waals surface area contributed by atoms with Crippen LogP contribution in [0, 0.1) is 23.7 Å². The van der Waals surface area contributed by atoms with E-state index in [1.165, 1.54) is 5.56 Å². The predicted octanol–water partition coefficient (Wildman–Crippen LogP) is 4.86. The zero-order valence-electron chi connectivity index (χ0n) is 20.8. The molecule has 0 saturated heterocycles. The van der Waals surface area contributed by atoms with Gasteiger partial charge in [0.2, 0.25) is 0 Å². The van der Waals surface area contributed by atoms with Gasteiger partial charge in [0.05, 0.1) is 14.2 Å². The zero-order chi connectivity index (χ0) is 24.4. The van der Waals surface area contributed by atoms with Crippen LogP contribution in [-0.4, -0.2) is 36.0 Å². The van der Waals surface area contributed by atoms with Crippen molar-refractivity contribution in [2.45, 2.75) is 46.0 Å². The molecule has 5 rings (SSSR count). The Hall–Kier alpha value is -3.46. The Balaban J connectivity index is 1.75. The van der Waals surface area contributed by atoms with Crippen molar-refractivity contribution >= 4 is 11.5 Å². The molecule has 0 fully saturated rings. The smallest absolute Gasteiger partial charge is 0.162 e. The first kappa shape index (κ1) is 22.3. The van der Waals surface area contributed by atoms with Crippen molar-refractivity contribution in [3.05, 3.63) is 63.6 Å². The molecule has 3 heterocycles. The molecule has 176 valence electrons. The number of ketones is 1. The molecule has 1 aromatic carbocycles. The van der Waals surface area contributed by atoms with Crippen LogP contribution in [0.4, 0.5) is 0 Å². The number of hydrogen-bond donors (Lipinski definition) is 0. The van der Waals surface area contributed by atoms with Crippen LogP contribution in [-0.2, 0) is 18.3 Å². The summed E-state index contributed by atoms with van der Waals surface area (Å²) in [6, 6.07) is 8.37. The number of rotatable bonds is 3. The highest BCUT2D eigenvalue weighted by Gasteiger charge is 2.43. The number of carbonyl (C=O) groups is 1. The summed E-state index contributed by atoms with van der Waals surface area (Å²) in [5, 5.41) is 9.63. The fraction of sp³-hybridized carbons (Fsp3) is 0.429. The average Bonchev–Trinajstić information content (AvgIpc) is 3.09. The summed E-state index contributed by atoms with van der Waals surface area (Å²) in [5.41, 5.74) is 8.02. The second kappa shape index (κ2) is 7.80. The molecule has 1 atom stereocenters. The number of hydrogen-bond acceptors (Lipinski definition) is 5. The second-order valence-corrected chi connectivity index (χ2v) is 10.3. The molecule has 0 amide bonds. The Morgan fingerprint density at radius 3 is 2.47 bits per heavy atom.